The van der Waals surface area contributed by atoms with Gasteiger partial charge in [-0.25, -0.2) is 0 Å². The molecule has 1 N–H and O–H groups in total. The van der Waals surface area contributed by atoms with Crippen LogP contribution in [0.25, 0.3) is 0 Å². The lowest BCUT2D eigenvalue weighted by Gasteiger charge is -2.16. The van der Waals surface area contributed by atoms with Crippen molar-refractivity contribution in [3.05, 3.63) is 24.3 Å². The Kier molecular flexibility index (Phi) is 2.69. The van der Waals surface area contributed by atoms with E-state index in [1.807, 2.05) is 6.08 Å². The number of hydrogen-bond acceptors (Lipinski definition) is 1. The van der Waals surface area contributed by atoms with Crippen LogP contribution in [-0.2, 0) is 0 Å². The maximum atomic E-state index is 8.76. The summed E-state index contributed by atoms with van der Waals surface area (Å²) in [6, 6.07) is 0. The molecular formula is C9H14O. The van der Waals surface area contributed by atoms with E-state index in [9.17, 15) is 0 Å². The highest BCUT2D eigenvalue weighted by molar-refractivity contribution is 5.08. The van der Waals surface area contributed by atoms with Crippen molar-refractivity contribution in [1.29, 1.82) is 0 Å². The smallest absolute Gasteiger partial charge is 0.0641 e. The lowest BCUT2D eigenvalue weighted by atomic mass is 9.90. The third-order valence-electron chi connectivity index (χ3n) is 2.08. The zero-order valence-corrected chi connectivity index (χ0v) is 6.21. The minimum absolute atomic E-state index is 0.240. The molecule has 1 heteroatoms. The lowest BCUT2D eigenvalue weighted by Crippen LogP contribution is -2.04. The molecule has 1 nitrogen and oxygen atoms in total. The highest BCUT2D eigenvalue weighted by Gasteiger charge is 2.09. The second kappa shape index (κ2) is 3.57. The Morgan fingerprint density at radius 2 is 2.60 bits per heavy atom. The van der Waals surface area contributed by atoms with Crippen molar-refractivity contribution in [2.24, 2.45) is 5.92 Å². The second-order valence-corrected chi connectivity index (χ2v) is 2.79. The van der Waals surface area contributed by atoms with Gasteiger partial charge in [0.25, 0.3) is 0 Å². The van der Waals surface area contributed by atoms with Crippen molar-refractivity contribution in [3.8, 4) is 0 Å². The van der Waals surface area contributed by atoms with E-state index in [1.54, 1.807) is 0 Å². The van der Waals surface area contributed by atoms with Crippen LogP contribution in [0.5, 0.6) is 0 Å². The summed E-state index contributed by atoms with van der Waals surface area (Å²) in [7, 11) is 0. The van der Waals surface area contributed by atoms with E-state index in [4.69, 9.17) is 5.11 Å². The Labute approximate surface area is 62.1 Å². The third kappa shape index (κ3) is 1.71. The standard InChI is InChI=1S/C9H14O/c1-2-8-3-5-9(7-10)6-4-8/h2,5,8,10H,1,3-4,6-7H2. The Hall–Kier alpha value is -0.560. The van der Waals surface area contributed by atoms with Gasteiger partial charge in [-0.2, -0.15) is 0 Å². The van der Waals surface area contributed by atoms with E-state index in [2.05, 4.69) is 12.7 Å². The number of allylic oxidation sites excluding steroid dienone is 2. The average molecular weight is 138 g/mol. The minimum Gasteiger partial charge on any atom is -0.392 e. The summed E-state index contributed by atoms with van der Waals surface area (Å²) >= 11 is 0. The monoisotopic (exact) mass is 138 g/mol. The van der Waals surface area contributed by atoms with Crippen LogP contribution in [0, 0.1) is 5.92 Å². The first-order valence-corrected chi connectivity index (χ1v) is 3.78. The summed E-state index contributed by atoms with van der Waals surface area (Å²) in [6.45, 7) is 3.98. The Morgan fingerprint density at radius 3 is 3.00 bits per heavy atom. The van der Waals surface area contributed by atoms with Crippen molar-refractivity contribution in [3.63, 3.8) is 0 Å². The molecule has 0 bridgehead atoms. The molecule has 1 aliphatic rings. The van der Waals surface area contributed by atoms with Gasteiger partial charge in [-0.3, -0.25) is 0 Å². The maximum absolute atomic E-state index is 8.76. The second-order valence-electron chi connectivity index (χ2n) is 2.79. The molecule has 1 aliphatic carbocycles. The van der Waals surface area contributed by atoms with Gasteiger partial charge in [0.1, 0.15) is 0 Å². The van der Waals surface area contributed by atoms with E-state index >= 15 is 0 Å². The van der Waals surface area contributed by atoms with Crippen LogP contribution in [0.1, 0.15) is 19.3 Å². The fourth-order valence-corrected chi connectivity index (χ4v) is 1.27. The molecule has 0 aromatic rings. The summed E-state index contributed by atoms with van der Waals surface area (Å²) < 4.78 is 0. The van der Waals surface area contributed by atoms with Gasteiger partial charge in [-0.05, 0) is 30.8 Å². The number of rotatable bonds is 2. The topological polar surface area (TPSA) is 20.2 Å². The molecular weight excluding hydrogens is 124 g/mol. The first-order valence-electron chi connectivity index (χ1n) is 3.78. The van der Waals surface area contributed by atoms with Crippen molar-refractivity contribution < 1.29 is 5.11 Å². The molecule has 0 aromatic carbocycles. The largest absolute Gasteiger partial charge is 0.392 e. The quantitative estimate of drug-likeness (QED) is 0.578. The van der Waals surface area contributed by atoms with E-state index in [1.165, 1.54) is 5.57 Å². The SMILES string of the molecule is C=CC1CC=C(CO)CC1. The summed E-state index contributed by atoms with van der Waals surface area (Å²) in [6.07, 6.45) is 7.42. The number of aliphatic hydroxyl groups is 1. The molecule has 0 radical (unpaired) electrons. The molecule has 0 aliphatic heterocycles. The fourth-order valence-electron chi connectivity index (χ4n) is 1.27. The molecule has 0 spiro atoms. The van der Waals surface area contributed by atoms with Crippen LogP contribution >= 0.6 is 0 Å². The third-order valence-corrected chi connectivity index (χ3v) is 2.08. The van der Waals surface area contributed by atoms with Crippen LogP contribution < -0.4 is 0 Å². The summed E-state index contributed by atoms with van der Waals surface area (Å²) in [5.74, 6) is 0.648. The zero-order valence-electron chi connectivity index (χ0n) is 6.21. The predicted octanol–water partition coefficient (Wildman–Crippen LogP) is 1.89. The predicted molar refractivity (Wildman–Crippen MR) is 42.7 cm³/mol. The van der Waals surface area contributed by atoms with E-state index < -0.39 is 0 Å². The van der Waals surface area contributed by atoms with Gasteiger partial charge >= 0.3 is 0 Å². The van der Waals surface area contributed by atoms with Gasteiger partial charge in [0, 0.05) is 0 Å². The minimum atomic E-state index is 0.240. The molecule has 0 aromatic heterocycles. The zero-order chi connectivity index (χ0) is 7.40. The first-order chi connectivity index (χ1) is 4.86. The summed E-state index contributed by atoms with van der Waals surface area (Å²) in [4.78, 5) is 0. The van der Waals surface area contributed by atoms with E-state index in [0.717, 1.165) is 19.3 Å². The van der Waals surface area contributed by atoms with Gasteiger partial charge in [0.05, 0.1) is 6.61 Å². The molecule has 1 atom stereocenters. The van der Waals surface area contributed by atoms with Gasteiger partial charge in [-0.1, -0.05) is 12.2 Å². The van der Waals surface area contributed by atoms with Crippen LogP contribution in [0.15, 0.2) is 24.3 Å². The van der Waals surface area contributed by atoms with Gasteiger partial charge < -0.3 is 5.11 Å². The maximum Gasteiger partial charge on any atom is 0.0641 e. The van der Waals surface area contributed by atoms with Crippen molar-refractivity contribution >= 4 is 0 Å². The molecule has 0 amide bonds. The fraction of sp³-hybridized carbons (Fsp3) is 0.556. The van der Waals surface area contributed by atoms with Gasteiger partial charge in [-0.15, -0.1) is 6.58 Å². The molecule has 1 unspecified atom stereocenters. The molecule has 56 valence electrons. The molecule has 0 saturated heterocycles. The van der Waals surface area contributed by atoms with Gasteiger partial charge in [0.15, 0.2) is 0 Å². The van der Waals surface area contributed by atoms with E-state index in [-0.39, 0.29) is 6.61 Å². The van der Waals surface area contributed by atoms with Crippen LogP contribution in [0.4, 0.5) is 0 Å². The lowest BCUT2D eigenvalue weighted by molar-refractivity contribution is 0.320. The van der Waals surface area contributed by atoms with Crippen molar-refractivity contribution in [2.45, 2.75) is 19.3 Å². The molecule has 0 fully saturated rings. The molecule has 0 heterocycles. The van der Waals surface area contributed by atoms with Crippen LogP contribution in [0.3, 0.4) is 0 Å². The Morgan fingerprint density at radius 1 is 1.80 bits per heavy atom. The van der Waals surface area contributed by atoms with Crippen LogP contribution in [-0.4, -0.2) is 11.7 Å². The molecule has 10 heavy (non-hydrogen) atoms. The average Bonchev–Trinajstić information content (AvgIpc) is 2.05. The molecule has 1 rings (SSSR count). The normalized spacial score (nSPS) is 25.7. The molecule has 0 saturated carbocycles. The van der Waals surface area contributed by atoms with Crippen molar-refractivity contribution in [2.75, 3.05) is 6.61 Å². The van der Waals surface area contributed by atoms with E-state index in [0.29, 0.717) is 5.92 Å². The van der Waals surface area contributed by atoms with Gasteiger partial charge in [0.2, 0.25) is 0 Å². The Balaban J connectivity index is 2.43. The summed E-state index contributed by atoms with van der Waals surface area (Å²) in [5, 5.41) is 8.76. The number of aliphatic hydroxyl groups excluding tert-OH is 1. The summed E-state index contributed by atoms with van der Waals surface area (Å²) in [5.41, 5.74) is 1.19. The first kappa shape index (κ1) is 7.55. The van der Waals surface area contributed by atoms with Crippen molar-refractivity contribution in [1.82, 2.24) is 0 Å². The van der Waals surface area contributed by atoms with Crippen LogP contribution in [0.2, 0.25) is 0 Å². The number of hydrogen-bond donors (Lipinski definition) is 1. The highest BCUT2D eigenvalue weighted by atomic mass is 16.3. The highest BCUT2D eigenvalue weighted by Crippen LogP contribution is 2.23. The Bertz CT molecular complexity index is 147.